The van der Waals surface area contributed by atoms with E-state index in [4.69, 9.17) is 26.1 Å². The second-order valence-electron chi connectivity index (χ2n) is 7.21. The number of hydrazone groups is 1. The Morgan fingerprint density at radius 1 is 1.25 bits per heavy atom. The highest BCUT2D eigenvalue weighted by atomic mass is 16.5. The van der Waals surface area contributed by atoms with Crippen LogP contribution >= 0.6 is 0 Å². The number of pyridine rings is 2. The Hall–Kier alpha value is -2.65. The predicted octanol–water partition coefficient (Wildman–Crippen LogP) is 1.14. The van der Waals surface area contributed by atoms with Crippen LogP contribution in [0.1, 0.15) is 25.7 Å². The minimum absolute atomic E-state index is 0.101. The smallest absolute Gasteiger partial charge is 0.225 e. The number of nitrogens with one attached hydrogen (secondary N) is 1. The van der Waals surface area contributed by atoms with E-state index in [1.807, 2.05) is 18.2 Å². The van der Waals surface area contributed by atoms with Gasteiger partial charge in [-0.3, -0.25) is 4.98 Å². The Morgan fingerprint density at radius 3 is 2.75 bits per heavy atom. The molecule has 0 amide bonds. The third-order valence-electron chi connectivity index (χ3n) is 5.51. The standard InChI is InChI=1S/C19H27N7O2/c20-24-18(25-21)13-3-5-14(6-4-13)28-19-15-2-1-7-22-16(15)12-17(23-19)26-8-10-27-11-9-26/h1-2,7,12-14H,3-6,8-11,20-21H2,(H,24,25). The largest absolute Gasteiger partial charge is 0.474 e. The number of ether oxygens (including phenoxy) is 2. The number of amidine groups is 1. The third kappa shape index (κ3) is 3.95. The van der Waals surface area contributed by atoms with Crippen molar-refractivity contribution in [1.29, 1.82) is 0 Å². The second kappa shape index (κ2) is 8.57. The summed E-state index contributed by atoms with van der Waals surface area (Å²) in [5.74, 6) is 13.4. The molecule has 1 saturated heterocycles. The Balaban J connectivity index is 1.53. The van der Waals surface area contributed by atoms with Gasteiger partial charge in [0, 0.05) is 31.3 Å². The minimum atomic E-state index is 0.101. The molecule has 1 aliphatic heterocycles. The highest BCUT2D eigenvalue weighted by Crippen LogP contribution is 2.32. The Kier molecular flexibility index (Phi) is 5.73. The van der Waals surface area contributed by atoms with Crippen LogP contribution in [0.25, 0.3) is 10.9 Å². The first-order valence-electron chi connectivity index (χ1n) is 9.78. The quantitative estimate of drug-likeness (QED) is 0.310. The first kappa shape index (κ1) is 18.7. The van der Waals surface area contributed by atoms with E-state index in [0.717, 1.165) is 55.5 Å². The molecular weight excluding hydrogens is 358 g/mol. The van der Waals surface area contributed by atoms with Crippen LogP contribution in [0.2, 0.25) is 0 Å². The van der Waals surface area contributed by atoms with E-state index in [1.165, 1.54) is 0 Å². The van der Waals surface area contributed by atoms with Crippen LogP contribution in [0.15, 0.2) is 29.5 Å². The Bertz CT molecular complexity index is 830. The van der Waals surface area contributed by atoms with Gasteiger partial charge in [-0.25, -0.2) is 5.84 Å². The average molecular weight is 385 g/mol. The molecule has 0 unspecified atom stereocenters. The fraction of sp³-hybridized carbons (Fsp3) is 0.526. The van der Waals surface area contributed by atoms with E-state index in [1.54, 1.807) is 6.20 Å². The number of nitrogens with two attached hydrogens (primary N) is 2. The van der Waals surface area contributed by atoms with Crippen molar-refractivity contribution >= 4 is 22.6 Å². The van der Waals surface area contributed by atoms with Crippen molar-refractivity contribution in [2.45, 2.75) is 31.8 Å². The average Bonchev–Trinajstić information content (AvgIpc) is 2.76. The maximum Gasteiger partial charge on any atom is 0.225 e. The predicted molar refractivity (Wildman–Crippen MR) is 108 cm³/mol. The molecule has 9 nitrogen and oxygen atoms in total. The summed E-state index contributed by atoms with van der Waals surface area (Å²) in [5, 5.41) is 4.69. The number of hydrogen-bond acceptors (Lipinski definition) is 8. The number of anilines is 1. The van der Waals surface area contributed by atoms with Crippen LogP contribution in [0, 0.1) is 5.92 Å². The van der Waals surface area contributed by atoms with Crippen molar-refractivity contribution in [3.63, 3.8) is 0 Å². The molecule has 9 heteroatoms. The molecule has 4 rings (SSSR count). The van der Waals surface area contributed by atoms with E-state index in [0.29, 0.717) is 24.9 Å². The molecule has 2 aromatic rings. The molecule has 0 bridgehead atoms. The van der Waals surface area contributed by atoms with Crippen molar-refractivity contribution in [2.75, 3.05) is 31.2 Å². The number of nitrogens with zero attached hydrogens (tertiary/aromatic N) is 4. The summed E-state index contributed by atoms with van der Waals surface area (Å²) < 4.78 is 11.8. The van der Waals surface area contributed by atoms with Gasteiger partial charge >= 0.3 is 0 Å². The molecule has 150 valence electrons. The lowest BCUT2D eigenvalue weighted by Crippen LogP contribution is -2.40. The topological polar surface area (TPSA) is 124 Å². The summed E-state index contributed by atoms with van der Waals surface area (Å²) in [5.41, 5.74) is 3.50. The number of rotatable bonds is 4. The van der Waals surface area contributed by atoms with Crippen LogP contribution in [0.5, 0.6) is 5.88 Å². The lowest BCUT2D eigenvalue weighted by molar-refractivity contribution is 0.121. The van der Waals surface area contributed by atoms with Crippen molar-refractivity contribution in [1.82, 2.24) is 15.4 Å². The number of fused-ring (bicyclic) bond motifs is 1. The zero-order valence-electron chi connectivity index (χ0n) is 15.9. The van der Waals surface area contributed by atoms with Crippen LogP contribution in [0.4, 0.5) is 5.82 Å². The first-order valence-corrected chi connectivity index (χ1v) is 9.78. The molecule has 1 saturated carbocycles. The van der Waals surface area contributed by atoms with Crippen LogP contribution < -0.4 is 26.7 Å². The van der Waals surface area contributed by atoms with Gasteiger partial charge in [-0.05, 0) is 37.8 Å². The van der Waals surface area contributed by atoms with E-state index < -0.39 is 0 Å². The van der Waals surface area contributed by atoms with Crippen molar-refractivity contribution in [2.24, 2.45) is 22.7 Å². The van der Waals surface area contributed by atoms with Gasteiger partial charge in [-0.2, -0.15) is 10.1 Å². The number of aromatic nitrogens is 2. The second-order valence-corrected chi connectivity index (χ2v) is 7.21. The molecule has 0 aromatic carbocycles. The number of hydrazine groups is 1. The number of hydrogen-bond donors (Lipinski definition) is 3. The van der Waals surface area contributed by atoms with E-state index in [2.05, 4.69) is 20.4 Å². The molecule has 5 N–H and O–H groups in total. The van der Waals surface area contributed by atoms with Gasteiger partial charge in [-0.15, -0.1) is 0 Å². The van der Waals surface area contributed by atoms with Gasteiger partial charge in [0.25, 0.3) is 0 Å². The summed E-state index contributed by atoms with van der Waals surface area (Å²) in [6.45, 7) is 3.07. The van der Waals surface area contributed by atoms with Gasteiger partial charge in [0.05, 0.1) is 24.1 Å². The first-order chi connectivity index (χ1) is 13.8. The summed E-state index contributed by atoms with van der Waals surface area (Å²) in [6.07, 6.45) is 5.54. The van der Waals surface area contributed by atoms with E-state index >= 15 is 0 Å². The molecule has 2 fully saturated rings. The van der Waals surface area contributed by atoms with Crippen LogP contribution in [-0.4, -0.2) is 48.2 Å². The van der Waals surface area contributed by atoms with Crippen molar-refractivity contribution in [3.8, 4) is 5.88 Å². The number of morpholine rings is 1. The summed E-state index contributed by atoms with van der Waals surface area (Å²) >= 11 is 0. The van der Waals surface area contributed by atoms with Gasteiger partial charge in [0.1, 0.15) is 17.8 Å². The van der Waals surface area contributed by atoms with E-state index in [9.17, 15) is 0 Å². The summed E-state index contributed by atoms with van der Waals surface area (Å²) in [7, 11) is 0. The Labute approximate surface area is 164 Å². The Morgan fingerprint density at radius 2 is 2.04 bits per heavy atom. The van der Waals surface area contributed by atoms with Gasteiger partial charge in [-0.1, -0.05) is 0 Å². The minimum Gasteiger partial charge on any atom is -0.474 e. The van der Waals surface area contributed by atoms with Gasteiger partial charge in [0.2, 0.25) is 5.88 Å². The maximum absolute atomic E-state index is 6.36. The lowest BCUT2D eigenvalue weighted by Gasteiger charge is -2.30. The molecule has 3 heterocycles. The van der Waals surface area contributed by atoms with Crippen LogP contribution in [-0.2, 0) is 4.74 Å². The SMILES string of the molecule is N/N=C(\NN)C1CCC(Oc2nc(N3CCOCC3)cc3ncccc23)CC1. The lowest BCUT2D eigenvalue weighted by atomic mass is 9.86. The molecule has 2 aliphatic rings. The highest BCUT2D eigenvalue weighted by Gasteiger charge is 2.27. The third-order valence-corrected chi connectivity index (χ3v) is 5.51. The molecule has 0 spiro atoms. The van der Waals surface area contributed by atoms with Crippen molar-refractivity contribution < 1.29 is 9.47 Å². The fourth-order valence-electron chi connectivity index (χ4n) is 3.95. The van der Waals surface area contributed by atoms with E-state index in [-0.39, 0.29) is 12.0 Å². The molecule has 0 radical (unpaired) electrons. The summed E-state index contributed by atoms with van der Waals surface area (Å²) in [4.78, 5) is 11.6. The maximum atomic E-state index is 6.36. The van der Waals surface area contributed by atoms with Gasteiger partial charge < -0.3 is 25.6 Å². The molecule has 1 aliphatic carbocycles. The summed E-state index contributed by atoms with van der Waals surface area (Å²) in [6, 6.07) is 5.96. The highest BCUT2D eigenvalue weighted by molar-refractivity contribution is 5.86. The monoisotopic (exact) mass is 385 g/mol. The zero-order valence-corrected chi connectivity index (χ0v) is 15.9. The molecular formula is C19H27N7O2. The van der Waals surface area contributed by atoms with Gasteiger partial charge in [0.15, 0.2) is 0 Å². The normalized spacial score (nSPS) is 23.6. The zero-order chi connectivity index (χ0) is 19.3. The molecule has 2 aromatic heterocycles. The van der Waals surface area contributed by atoms with Crippen molar-refractivity contribution in [3.05, 3.63) is 24.4 Å². The van der Waals surface area contributed by atoms with Crippen LogP contribution in [0.3, 0.4) is 0 Å². The fourth-order valence-corrected chi connectivity index (χ4v) is 3.95. The molecule has 28 heavy (non-hydrogen) atoms. The molecule has 0 atom stereocenters.